The number of hydrogen-bond donors (Lipinski definition) is 1. The minimum atomic E-state index is -4.51. The monoisotopic (exact) mass is 722 g/mol. The van der Waals surface area contributed by atoms with Crippen LogP contribution in [0.4, 0.5) is 16.0 Å². The van der Waals surface area contributed by atoms with Gasteiger partial charge in [-0.25, -0.2) is 31.8 Å². The Hall–Kier alpha value is -4.76. The molecule has 3 atom stereocenters. The van der Waals surface area contributed by atoms with Crippen LogP contribution < -0.4 is 23.8 Å². The van der Waals surface area contributed by atoms with Crippen molar-refractivity contribution in [2.75, 3.05) is 30.4 Å². The van der Waals surface area contributed by atoms with E-state index in [-0.39, 0.29) is 42.3 Å². The predicted octanol–water partition coefficient (Wildman–Crippen LogP) is 6.30. The van der Waals surface area contributed by atoms with Gasteiger partial charge in [-0.15, -0.1) is 0 Å². The summed E-state index contributed by atoms with van der Waals surface area (Å²) in [6.45, 7) is 3.57. The number of nitrogens with zero attached hydrogens (tertiary/aromatic N) is 5. The van der Waals surface area contributed by atoms with E-state index < -0.39 is 20.7 Å². The van der Waals surface area contributed by atoms with Gasteiger partial charge in [-0.2, -0.15) is 5.10 Å². The van der Waals surface area contributed by atoms with E-state index in [1.807, 2.05) is 6.20 Å². The molecule has 1 amide bonds. The van der Waals surface area contributed by atoms with Gasteiger partial charge in [-0.05, 0) is 69.2 Å². The van der Waals surface area contributed by atoms with Crippen molar-refractivity contribution < 1.29 is 36.6 Å². The number of carbonyl (C=O) groups is 1. The van der Waals surface area contributed by atoms with E-state index in [2.05, 4.69) is 15.3 Å². The SMILES string of the molecule is COc1ccc(CN(c2ccncn2)S(=O)(=O)c2cc(C)c(OC3CCCCC3c3cn(C4CCCCO4)nc3NC(C)=O)cc2F)c(OC)c1. The lowest BCUT2D eigenvalue weighted by Crippen LogP contribution is -2.32. The fourth-order valence-electron chi connectivity index (χ4n) is 6.72. The summed E-state index contributed by atoms with van der Waals surface area (Å²) in [5.74, 6) is 0.307. The first-order valence-electron chi connectivity index (χ1n) is 17.0. The third-order valence-corrected chi connectivity index (χ3v) is 11.1. The van der Waals surface area contributed by atoms with E-state index >= 15 is 4.39 Å². The number of benzene rings is 2. The number of sulfonamides is 1. The van der Waals surface area contributed by atoms with Crippen LogP contribution in [0.15, 0.2) is 60.0 Å². The number of ether oxygens (including phenoxy) is 4. The zero-order valence-corrected chi connectivity index (χ0v) is 30.0. The normalized spacial score (nSPS) is 19.3. The molecule has 2 aliphatic rings. The van der Waals surface area contributed by atoms with Crippen molar-refractivity contribution in [3.05, 3.63) is 77.6 Å². The van der Waals surface area contributed by atoms with Crippen LogP contribution in [0.2, 0.25) is 0 Å². The Balaban J connectivity index is 1.31. The molecule has 1 aliphatic heterocycles. The molecule has 3 heterocycles. The first-order chi connectivity index (χ1) is 24.6. The van der Waals surface area contributed by atoms with Crippen LogP contribution in [0, 0.1) is 12.7 Å². The molecular weight excluding hydrogens is 679 g/mol. The highest BCUT2D eigenvalue weighted by Crippen LogP contribution is 2.41. The lowest BCUT2D eigenvalue weighted by atomic mass is 9.82. The Bertz CT molecular complexity index is 1950. The second kappa shape index (κ2) is 15.6. The maximum absolute atomic E-state index is 16.1. The number of carbonyl (C=O) groups excluding carboxylic acids is 1. The zero-order valence-electron chi connectivity index (χ0n) is 29.2. The summed E-state index contributed by atoms with van der Waals surface area (Å²) in [6, 6.07) is 8.88. The molecule has 6 rings (SSSR count). The predicted molar refractivity (Wildman–Crippen MR) is 187 cm³/mol. The molecule has 1 aliphatic carbocycles. The number of nitrogens with one attached hydrogen (secondary N) is 1. The summed E-state index contributed by atoms with van der Waals surface area (Å²) < 4.78 is 70.8. The van der Waals surface area contributed by atoms with Crippen molar-refractivity contribution in [1.29, 1.82) is 0 Å². The summed E-state index contributed by atoms with van der Waals surface area (Å²) in [5, 5.41) is 7.58. The van der Waals surface area contributed by atoms with Gasteiger partial charge in [-0.1, -0.05) is 6.42 Å². The molecule has 2 aromatic carbocycles. The number of hydrogen-bond acceptors (Lipinski definition) is 10. The number of halogens is 1. The molecule has 15 heteroatoms. The summed E-state index contributed by atoms with van der Waals surface area (Å²) in [4.78, 5) is 19.7. The Morgan fingerprint density at radius 1 is 1.06 bits per heavy atom. The maximum atomic E-state index is 16.1. The van der Waals surface area contributed by atoms with Gasteiger partial charge in [0.05, 0.1) is 20.8 Å². The molecule has 3 unspecified atom stereocenters. The van der Waals surface area contributed by atoms with Crippen LogP contribution in [0.5, 0.6) is 17.2 Å². The van der Waals surface area contributed by atoms with Gasteiger partial charge in [0.2, 0.25) is 5.91 Å². The van der Waals surface area contributed by atoms with Gasteiger partial charge in [0.1, 0.15) is 52.4 Å². The smallest absolute Gasteiger partial charge is 0.268 e. The maximum Gasteiger partial charge on any atom is 0.268 e. The molecule has 0 radical (unpaired) electrons. The van der Waals surface area contributed by atoms with Crippen molar-refractivity contribution in [1.82, 2.24) is 19.7 Å². The van der Waals surface area contributed by atoms with Crippen LogP contribution in [0.1, 0.15) is 80.7 Å². The van der Waals surface area contributed by atoms with Gasteiger partial charge in [0.25, 0.3) is 10.0 Å². The number of aryl methyl sites for hydroxylation is 1. The van der Waals surface area contributed by atoms with E-state index in [9.17, 15) is 13.2 Å². The number of amides is 1. The Labute approximate surface area is 297 Å². The first kappa shape index (κ1) is 36.0. The van der Waals surface area contributed by atoms with Gasteiger partial charge in [-0.3, -0.25) is 4.79 Å². The lowest BCUT2D eigenvalue weighted by Gasteiger charge is -2.32. The minimum Gasteiger partial charge on any atom is -0.497 e. The van der Waals surface area contributed by atoms with E-state index in [1.54, 1.807) is 29.8 Å². The second-order valence-corrected chi connectivity index (χ2v) is 14.6. The molecule has 1 N–H and O–H groups in total. The van der Waals surface area contributed by atoms with Crippen molar-refractivity contribution in [3.63, 3.8) is 0 Å². The van der Waals surface area contributed by atoms with E-state index in [4.69, 9.17) is 24.0 Å². The van der Waals surface area contributed by atoms with E-state index in [0.717, 1.165) is 54.5 Å². The molecule has 1 saturated heterocycles. The van der Waals surface area contributed by atoms with Gasteiger partial charge in [0.15, 0.2) is 5.82 Å². The lowest BCUT2D eigenvalue weighted by molar-refractivity contribution is -0.114. The molecule has 1 saturated carbocycles. The summed E-state index contributed by atoms with van der Waals surface area (Å²) in [7, 11) is -1.52. The Morgan fingerprint density at radius 2 is 1.86 bits per heavy atom. The molecule has 272 valence electrons. The van der Waals surface area contributed by atoms with E-state index in [0.29, 0.717) is 41.5 Å². The fraction of sp³-hybridized carbons (Fsp3) is 0.444. The molecule has 2 fully saturated rings. The fourth-order valence-corrected chi connectivity index (χ4v) is 8.25. The van der Waals surface area contributed by atoms with Gasteiger partial charge < -0.3 is 24.3 Å². The molecule has 0 spiro atoms. The molecule has 2 aromatic heterocycles. The molecule has 51 heavy (non-hydrogen) atoms. The van der Waals surface area contributed by atoms with Crippen molar-refractivity contribution in [3.8, 4) is 17.2 Å². The van der Waals surface area contributed by atoms with Crippen molar-refractivity contribution in [2.45, 2.75) is 88.5 Å². The van der Waals surface area contributed by atoms with E-state index in [1.165, 1.54) is 45.8 Å². The largest absolute Gasteiger partial charge is 0.497 e. The summed E-state index contributed by atoms with van der Waals surface area (Å²) in [6.07, 6.45) is 10.1. The summed E-state index contributed by atoms with van der Waals surface area (Å²) in [5.41, 5.74) is 1.78. The summed E-state index contributed by atoms with van der Waals surface area (Å²) >= 11 is 0. The topological polar surface area (TPSA) is 147 Å². The van der Waals surface area contributed by atoms with Crippen LogP contribution in [0.3, 0.4) is 0 Å². The number of methoxy groups -OCH3 is 2. The highest BCUT2D eigenvalue weighted by atomic mass is 32.2. The highest BCUT2D eigenvalue weighted by molar-refractivity contribution is 7.92. The molecule has 0 bridgehead atoms. The average molecular weight is 723 g/mol. The van der Waals surface area contributed by atoms with Crippen molar-refractivity contribution >= 4 is 27.6 Å². The number of aromatic nitrogens is 4. The van der Waals surface area contributed by atoms with Gasteiger partial charge in [0, 0.05) is 61.2 Å². The zero-order chi connectivity index (χ0) is 36.1. The third kappa shape index (κ3) is 7.94. The Morgan fingerprint density at radius 3 is 2.57 bits per heavy atom. The van der Waals surface area contributed by atoms with Crippen molar-refractivity contribution in [2.24, 2.45) is 0 Å². The van der Waals surface area contributed by atoms with Crippen LogP contribution in [-0.2, 0) is 26.1 Å². The molecule has 13 nitrogen and oxygen atoms in total. The molecular formula is C36H43FN6O7S. The number of anilines is 2. The standard InChI is InChI=1S/C36H43FN6O7S/c1-23-17-33(51(45,46)43(34-14-15-38-22-39-34)20-25-12-13-26(47-3)18-32(25)48-4)29(37)19-31(23)50-30-10-6-5-9-27(30)28-21-42(35-11-7-8-16-49-35)41-36(28)40-24(2)44/h12-15,17-19,21-22,27,30,35H,5-11,16,20H2,1-4H3,(H,40,41,44). The number of rotatable bonds is 12. The Kier molecular flexibility index (Phi) is 11.1. The third-order valence-electron chi connectivity index (χ3n) is 9.31. The molecule has 4 aromatic rings. The highest BCUT2D eigenvalue weighted by Gasteiger charge is 2.35. The van der Waals surface area contributed by atoms with Crippen LogP contribution >= 0.6 is 0 Å². The van der Waals surface area contributed by atoms with Gasteiger partial charge >= 0.3 is 0 Å². The minimum absolute atomic E-state index is 0.0550. The van der Waals surface area contributed by atoms with Crippen LogP contribution in [-0.4, -0.2) is 61.0 Å². The first-order valence-corrected chi connectivity index (χ1v) is 18.5. The average Bonchev–Trinajstić information content (AvgIpc) is 3.55. The second-order valence-electron chi connectivity index (χ2n) is 12.8. The quantitative estimate of drug-likeness (QED) is 0.177. The van der Waals surface area contributed by atoms with Crippen LogP contribution in [0.25, 0.3) is 0 Å².